The Balaban J connectivity index is 4.50. The van der Waals surface area contributed by atoms with E-state index in [-0.39, 0.29) is 6.10 Å². The predicted octanol–water partition coefficient (Wildman–Crippen LogP) is 1.70. The van der Waals surface area contributed by atoms with E-state index in [1.807, 2.05) is 13.8 Å². The van der Waals surface area contributed by atoms with Crippen LogP contribution in [0.15, 0.2) is 0 Å². The van der Waals surface area contributed by atoms with E-state index in [1.165, 1.54) is 0 Å². The van der Waals surface area contributed by atoms with Crippen molar-refractivity contribution < 1.29 is 13.3 Å². The van der Waals surface area contributed by atoms with Crippen molar-refractivity contribution in [2.24, 2.45) is 5.73 Å². The van der Waals surface area contributed by atoms with Crippen molar-refractivity contribution in [3.05, 3.63) is 0 Å². The first kappa shape index (κ1) is 19.0. The summed E-state index contributed by atoms with van der Waals surface area (Å²) in [4.78, 5) is 2.16. The average Bonchev–Trinajstić information content (AvgIpc) is 2.34. The van der Waals surface area contributed by atoms with Gasteiger partial charge in [0.15, 0.2) is 0 Å². The van der Waals surface area contributed by atoms with Gasteiger partial charge in [0, 0.05) is 25.4 Å². The van der Waals surface area contributed by atoms with E-state index < -0.39 is 8.80 Å². The van der Waals surface area contributed by atoms with Crippen LogP contribution in [-0.2, 0) is 13.3 Å². The second kappa shape index (κ2) is 10.8. The van der Waals surface area contributed by atoms with E-state index in [0.717, 1.165) is 25.4 Å². The molecule has 0 bridgehead atoms. The maximum absolute atomic E-state index is 6.18. The van der Waals surface area contributed by atoms with Crippen molar-refractivity contribution in [3.8, 4) is 0 Å². The van der Waals surface area contributed by atoms with Crippen LogP contribution in [0.5, 0.6) is 0 Å². The van der Waals surface area contributed by atoms with Crippen LogP contribution >= 0.6 is 0 Å². The van der Waals surface area contributed by atoms with E-state index in [1.54, 1.807) is 0 Å². The van der Waals surface area contributed by atoms with Crippen LogP contribution in [0.2, 0.25) is 6.04 Å². The Hall–Kier alpha value is 0.0169. The van der Waals surface area contributed by atoms with Crippen LogP contribution in [0.1, 0.15) is 33.6 Å². The molecule has 1 atom stereocenters. The lowest BCUT2D eigenvalue weighted by atomic mass is 10.3. The summed E-state index contributed by atoms with van der Waals surface area (Å²) in [6, 6.07) is 0.803. The summed E-state index contributed by atoms with van der Waals surface area (Å²) in [7, 11) is 1.58. The molecule has 0 saturated heterocycles. The number of rotatable bonds is 12. The van der Waals surface area contributed by atoms with Crippen LogP contribution in [0, 0.1) is 0 Å². The second-order valence-electron chi connectivity index (χ2n) is 4.96. The molecule has 1 unspecified atom stereocenters. The van der Waals surface area contributed by atoms with Crippen molar-refractivity contribution >= 4 is 8.80 Å². The van der Waals surface area contributed by atoms with E-state index in [0.29, 0.717) is 19.8 Å². The first-order valence-electron chi connectivity index (χ1n) is 7.30. The van der Waals surface area contributed by atoms with Gasteiger partial charge in [-0.2, -0.15) is 0 Å². The van der Waals surface area contributed by atoms with Crippen molar-refractivity contribution in [3.63, 3.8) is 0 Å². The van der Waals surface area contributed by atoms with Gasteiger partial charge in [0.2, 0.25) is 0 Å². The van der Waals surface area contributed by atoms with Gasteiger partial charge >= 0.3 is 8.80 Å². The Morgan fingerprint density at radius 1 is 1.16 bits per heavy atom. The maximum Gasteiger partial charge on any atom is 0.501 e. The Labute approximate surface area is 119 Å². The summed E-state index contributed by atoms with van der Waals surface area (Å²) in [5.41, 5.74) is 5.61. The van der Waals surface area contributed by atoms with Crippen molar-refractivity contribution in [2.75, 3.05) is 40.4 Å². The topological polar surface area (TPSA) is 57.0 Å². The quantitative estimate of drug-likeness (QED) is 0.555. The van der Waals surface area contributed by atoms with Gasteiger partial charge < -0.3 is 23.9 Å². The smallest absolute Gasteiger partial charge is 0.374 e. The molecule has 0 aliphatic carbocycles. The fraction of sp³-hybridized carbons (Fsp3) is 1.00. The molecule has 2 N–H and O–H groups in total. The van der Waals surface area contributed by atoms with Crippen LogP contribution < -0.4 is 5.73 Å². The Kier molecular flexibility index (Phi) is 10.8. The normalized spacial score (nSPS) is 14.1. The van der Waals surface area contributed by atoms with Gasteiger partial charge in [0.05, 0.1) is 0 Å². The van der Waals surface area contributed by atoms with Gasteiger partial charge in [-0.05, 0) is 60.8 Å². The minimum Gasteiger partial charge on any atom is -0.374 e. The lowest BCUT2D eigenvalue weighted by molar-refractivity contribution is 0.0332. The molecule has 0 aromatic rings. The standard InChI is InChI=1S/C13H32N2O3Si/c1-6-16-19(17-7-2,12-8-10-14)18-13(3)9-11-15(4)5/h13H,6-12,14H2,1-5H3. The van der Waals surface area contributed by atoms with Gasteiger partial charge in [0.25, 0.3) is 0 Å². The van der Waals surface area contributed by atoms with Gasteiger partial charge in [-0.3, -0.25) is 0 Å². The summed E-state index contributed by atoms with van der Waals surface area (Å²) in [5, 5.41) is 0. The molecule has 0 fully saturated rings. The molecule has 0 aliphatic heterocycles. The van der Waals surface area contributed by atoms with E-state index in [4.69, 9.17) is 19.0 Å². The molecule has 6 heteroatoms. The molecule has 0 aromatic heterocycles. The molecule has 116 valence electrons. The van der Waals surface area contributed by atoms with Crippen LogP contribution in [-0.4, -0.2) is 60.2 Å². The van der Waals surface area contributed by atoms with Gasteiger partial charge in [-0.1, -0.05) is 0 Å². The van der Waals surface area contributed by atoms with E-state index in [2.05, 4.69) is 25.9 Å². The maximum atomic E-state index is 6.18. The summed E-state index contributed by atoms with van der Waals surface area (Å²) >= 11 is 0. The van der Waals surface area contributed by atoms with Crippen molar-refractivity contribution in [1.29, 1.82) is 0 Å². The zero-order valence-corrected chi connectivity index (χ0v) is 14.3. The highest BCUT2D eigenvalue weighted by Gasteiger charge is 2.41. The van der Waals surface area contributed by atoms with Crippen molar-refractivity contribution in [1.82, 2.24) is 4.90 Å². The lowest BCUT2D eigenvalue weighted by Gasteiger charge is -2.32. The molecule has 0 heterocycles. The fourth-order valence-corrected chi connectivity index (χ4v) is 4.75. The average molecular weight is 292 g/mol. The first-order valence-corrected chi connectivity index (χ1v) is 9.23. The van der Waals surface area contributed by atoms with Crippen LogP contribution in [0.25, 0.3) is 0 Å². The molecule has 5 nitrogen and oxygen atoms in total. The molecule has 0 rings (SSSR count). The monoisotopic (exact) mass is 292 g/mol. The zero-order chi connectivity index (χ0) is 14.7. The zero-order valence-electron chi connectivity index (χ0n) is 13.3. The molecule has 0 saturated carbocycles. The minimum absolute atomic E-state index is 0.143. The number of nitrogens with two attached hydrogens (primary N) is 1. The molecule has 19 heavy (non-hydrogen) atoms. The predicted molar refractivity (Wildman–Crippen MR) is 81.2 cm³/mol. The number of hydrogen-bond donors (Lipinski definition) is 1. The number of hydrogen-bond acceptors (Lipinski definition) is 5. The van der Waals surface area contributed by atoms with Crippen LogP contribution in [0.4, 0.5) is 0 Å². The molecule has 0 amide bonds. The molecule has 0 spiro atoms. The highest BCUT2D eigenvalue weighted by molar-refractivity contribution is 6.60. The van der Waals surface area contributed by atoms with Crippen molar-refractivity contribution in [2.45, 2.75) is 45.8 Å². The van der Waals surface area contributed by atoms with Crippen LogP contribution in [0.3, 0.4) is 0 Å². The Morgan fingerprint density at radius 2 is 1.74 bits per heavy atom. The Bertz CT molecular complexity index is 212. The molecular formula is C13H32N2O3Si. The molecule has 0 radical (unpaired) electrons. The summed E-state index contributed by atoms with van der Waals surface area (Å²) in [5.74, 6) is 0. The SMILES string of the molecule is CCO[Si](CCCN)(OCC)OC(C)CCN(C)C. The third-order valence-electron chi connectivity index (χ3n) is 2.78. The van der Waals surface area contributed by atoms with Gasteiger partial charge in [-0.25, -0.2) is 0 Å². The summed E-state index contributed by atoms with van der Waals surface area (Å²) in [6.07, 6.45) is 2.00. The minimum atomic E-state index is -2.55. The fourth-order valence-electron chi connectivity index (χ4n) is 1.88. The van der Waals surface area contributed by atoms with Gasteiger partial charge in [0.1, 0.15) is 0 Å². The van der Waals surface area contributed by atoms with Gasteiger partial charge in [-0.15, -0.1) is 0 Å². The summed E-state index contributed by atoms with van der Waals surface area (Å²) in [6.45, 7) is 8.94. The third kappa shape index (κ3) is 8.72. The summed E-state index contributed by atoms with van der Waals surface area (Å²) < 4.78 is 17.9. The largest absolute Gasteiger partial charge is 0.501 e. The second-order valence-corrected chi connectivity index (χ2v) is 7.64. The number of nitrogens with zero attached hydrogens (tertiary/aromatic N) is 1. The molecular weight excluding hydrogens is 260 g/mol. The molecule has 0 aliphatic rings. The Morgan fingerprint density at radius 3 is 2.16 bits per heavy atom. The highest BCUT2D eigenvalue weighted by Crippen LogP contribution is 2.21. The van der Waals surface area contributed by atoms with E-state index >= 15 is 0 Å². The van der Waals surface area contributed by atoms with E-state index in [9.17, 15) is 0 Å². The first-order chi connectivity index (χ1) is 8.99. The third-order valence-corrected chi connectivity index (χ3v) is 5.96. The highest BCUT2D eigenvalue weighted by atomic mass is 28.4. The lowest BCUT2D eigenvalue weighted by Crippen LogP contribution is -2.48. The molecule has 0 aromatic carbocycles.